The fourth-order valence-electron chi connectivity index (χ4n) is 2.24. The molecule has 0 amide bonds. The molecule has 1 aromatic carbocycles. The molecule has 5 heteroatoms. The molecular formula is C16H20N2O3. The van der Waals surface area contributed by atoms with Crippen LogP contribution in [0.15, 0.2) is 16.5 Å². The summed E-state index contributed by atoms with van der Waals surface area (Å²) in [6.07, 6.45) is 0.646. The van der Waals surface area contributed by atoms with Gasteiger partial charge in [0.05, 0.1) is 11.1 Å². The molecule has 0 atom stereocenters. The monoisotopic (exact) mass is 288 g/mol. The molecule has 0 bridgehead atoms. The molecule has 5 nitrogen and oxygen atoms in total. The van der Waals surface area contributed by atoms with Crippen LogP contribution in [0.3, 0.4) is 0 Å². The van der Waals surface area contributed by atoms with E-state index in [1.165, 1.54) is 0 Å². The molecule has 0 saturated heterocycles. The third-order valence-corrected chi connectivity index (χ3v) is 3.20. The van der Waals surface area contributed by atoms with Crippen molar-refractivity contribution in [1.29, 1.82) is 0 Å². The minimum atomic E-state index is -0.984. The van der Waals surface area contributed by atoms with Gasteiger partial charge in [0.2, 0.25) is 11.8 Å². The number of aryl methyl sites for hydroxylation is 2. The first-order chi connectivity index (χ1) is 9.69. The highest BCUT2D eigenvalue weighted by atomic mass is 16.4. The fraction of sp³-hybridized carbons (Fsp3) is 0.438. The number of nitrogens with zero attached hydrogens (tertiary/aromatic N) is 2. The number of aromatic nitrogens is 2. The molecule has 2 rings (SSSR count). The second kappa shape index (κ2) is 5.31. The number of carboxylic acid groups (broad SMARTS) is 1. The van der Waals surface area contributed by atoms with E-state index in [-0.39, 0.29) is 16.9 Å². The highest BCUT2D eigenvalue weighted by Crippen LogP contribution is 2.30. The number of hydrogen-bond acceptors (Lipinski definition) is 4. The number of aromatic carboxylic acids is 1. The quantitative estimate of drug-likeness (QED) is 0.933. The summed E-state index contributed by atoms with van der Waals surface area (Å²) in [6.45, 7) is 9.85. The van der Waals surface area contributed by atoms with E-state index in [1.54, 1.807) is 13.0 Å². The van der Waals surface area contributed by atoms with Crippen LogP contribution in [0.5, 0.6) is 0 Å². The molecule has 0 fully saturated rings. The minimum absolute atomic E-state index is 0.0288. The SMILES string of the molecule is Cc1ccc(C)c(-c2nnc(CC(C)(C)C)o2)c1C(=O)O. The first-order valence-corrected chi connectivity index (χ1v) is 6.85. The lowest BCUT2D eigenvalue weighted by Crippen LogP contribution is -2.09. The van der Waals surface area contributed by atoms with Gasteiger partial charge >= 0.3 is 5.97 Å². The van der Waals surface area contributed by atoms with Crippen LogP contribution in [0.4, 0.5) is 0 Å². The van der Waals surface area contributed by atoms with E-state index in [4.69, 9.17) is 4.42 Å². The predicted octanol–water partition coefficient (Wildman–Crippen LogP) is 3.64. The van der Waals surface area contributed by atoms with Crippen molar-refractivity contribution >= 4 is 5.97 Å². The Bertz CT molecular complexity index is 681. The third-order valence-electron chi connectivity index (χ3n) is 3.20. The van der Waals surface area contributed by atoms with Crippen molar-refractivity contribution in [2.45, 2.75) is 41.0 Å². The largest absolute Gasteiger partial charge is 0.478 e. The van der Waals surface area contributed by atoms with Crippen LogP contribution in [0.1, 0.15) is 48.1 Å². The summed E-state index contributed by atoms with van der Waals surface area (Å²) < 4.78 is 5.69. The Kier molecular flexibility index (Phi) is 3.85. The Labute approximate surface area is 124 Å². The summed E-state index contributed by atoms with van der Waals surface area (Å²) in [6, 6.07) is 3.65. The van der Waals surface area contributed by atoms with Crippen molar-refractivity contribution in [2.75, 3.05) is 0 Å². The highest BCUT2D eigenvalue weighted by molar-refractivity contribution is 5.97. The van der Waals surface area contributed by atoms with Crippen LogP contribution in [0, 0.1) is 19.3 Å². The van der Waals surface area contributed by atoms with E-state index in [1.807, 2.05) is 13.0 Å². The predicted molar refractivity (Wildman–Crippen MR) is 79.3 cm³/mol. The van der Waals surface area contributed by atoms with E-state index < -0.39 is 5.97 Å². The number of carbonyl (C=O) groups is 1. The minimum Gasteiger partial charge on any atom is -0.478 e. The highest BCUT2D eigenvalue weighted by Gasteiger charge is 2.23. The van der Waals surface area contributed by atoms with Crippen molar-refractivity contribution < 1.29 is 14.3 Å². The van der Waals surface area contributed by atoms with Crippen LogP contribution >= 0.6 is 0 Å². The molecule has 0 aliphatic carbocycles. The van der Waals surface area contributed by atoms with Gasteiger partial charge in [0.25, 0.3) is 0 Å². The maximum atomic E-state index is 11.5. The van der Waals surface area contributed by atoms with Crippen LogP contribution in [-0.4, -0.2) is 21.3 Å². The zero-order valence-electron chi connectivity index (χ0n) is 13.0. The summed E-state index contributed by atoms with van der Waals surface area (Å²) >= 11 is 0. The van der Waals surface area contributed by atoms with Crippen molar-refractivity contribution in [1.82, 2.24) is 10.2 Å². The van der Waals surface area contributed by atoms with Crippen LogP contribution in [0.2, 0.25) is 0 Å². The average Bonchev–Trinajstić information content (AvgIpc) is 2.76. The Morgan fingerprint density at radius 3 is 2.38 bits per heavy atom. The molecule has 1 aromatic heterocycles. The summed E-state index contributed by atoms with van der Waals surface area (Å²) in [5, 5.41) is 17.5. The van der Waals surface area contributed by atoms with E-state index in [0.717, 1.165) is 5.56 Å². The van der Waals surface area contributed by atoms with Crippen molar-refractivity contribution in [3.63, 3.8) is 0 Å². The molecule has 0 aliphatic rings. The van der Waals surface area contributed by atoms with Crippen molar-refractivity contribution in [3.8, 4) is 11.5 Å². The molecule has 0 unspecified atom stereocenters. The van der Waals surface area contributed by atoms with Gasteiger partial charge in [-0.25, -0.2) is 4.79 Å². The summed E-state index contributed by atoms with van der Waals surface area (Å²) in [5.74, 6) is -0.190. The molecular weight excluding hydrogens is 268 g/mol. The smallest absolute Gasteiger partial charge is 0.336 e. The van der Waals surface area contributed by atoms with E-state index in [0.29, 0.717) is 23.4 Å². The summed E-state index contributed by atoms with van der Waals surface area (Å²) in [7, 11) is 0. The molecule has 0 radical (unpaired) electrons. The van der Waals surface area contributed by atoms with Gasteiger partial charge in [-0.2, -0.15) is 0 Å². The van der Waals surface area contributed by atoms with Crippen molar-refractivity contribution in [2.24, 2.45) is 5.41 Å². The number of benzene rings is 1. The average molecular weight is 288 g/mol. The van der Waals surface area contributed by atoms with Gasteiger partial charge < -0.3 is 9.52 Å². The van der Waals surface area contributed by atoms with Crippen LogP contribution in [0.25, 0.3) is 11.5 Å². The third kappa shape index (κ3) is 3.29. The molecule has 21 heavy (non-hydrogen) atoms. The fourth-order valence-corrected chi connectivity index (χ4v) is 2.24. The molecule has 0 aliphatic heterocycles. The van der Waals surface area contributed by atoms with Gasteiger partial charge in [-0.05, 0) is 30.4 Å². The first-order valence-electron chi connectivity index (χ1n) is 6.85. The topological polar surface area (TPSA) is 76.2 Å². The Morgan fingerprint density at radius 1 is 1.19 bits per heavy atom. The zero-order valence-corrected chi connectivity index (χ0v) is 13.0. The Morgan fingerprint density at radius 2 is 1.81 bits per heavy atom. The zero-order chi connectivity index (χ0) is 15.8. The lowest BCUT2D eigenvalue weighted by molar-refractivity contribution is 0.0696. The van der Waals surface area contributed by atoms with Gasteiger partial charge in [0, 0.05) is 6.42 Å². The Balaban J connectivity index is 2.52. The van der Waals surface area contributed by atoms with E-state index in [9.17, 15) is 9.90 Å². The summed E-state index contributed by atoms with van der Waals surface area (Å²) in [5.41, 5.74) is 2.25. The van der Waals surface area contributed by atoms with E-state index in [2.05, 4.69) is 31.0 Å². The second-order valence-corrected chi connectivity index (χ2v) is 6.49. The number of rotatable bonds is 3. The second-order valence-electron chi connectivity index (χ2n) is 6.49. The number of carboxylic acids is 1. The Hall–Kier alpha value is -2.17. The van der Waals surface area contributed by atoms with Gasteiger partial charge in [0.15, 0.2) is 0 Å². The standard InChI is InChI=1S/C16H20N2O3/c1-9-6-7-10(2)13(15(19)20)12(9)14-18-17-11(21-14)8-16(3,4)5/h6-7H,8H2,1-5H3,(H,19,20). The molecule has 1 heterocycles. The first kappa shape index (κ1) is 15.2. The number of hydrogen-bond donors (Lipinski definition) is 1. The normalized spacial score (nSPS) is 11.7. The van der Waals surface area contributed by atoms with Crippen molar-refractivity contribution in [3.05, 3.63) is 34.7 Å². The molecule has 0 spiro atoms. The lowest BCUT2D eigenvalue weighted by Gasteiger charge is -2.14. The van der Waals surface area contributed by atoms with Crippen LogP contribution < -0.4 is 0 Å². The van der Waals surface area contributed by atoms with Gasteiger partial charge in [-0.1, -0.05) is 32.9 Å². The van der Waals surface area contributed by atoms with Gasteiger partial charge in [-0.15, -0.1) is 10.2 Å². The van der Waals surface area contributed by atoms with Gasteiger partial charge in [-0.3, -0.25) is 0 Å². The van der Waals surface area contributed by atoms with E-state index >= 15 is 0 Å². The van der Waals surface area contributed by atoms with Gasteiger partial charge in [0.1, 0.15) is 0 Å². The lowest BCUT2D eigenvalue weighted by atomic mass is 9.92. The molecule has 0 saturated carbocycles. The molecule has 2 aromatic rings. The summed E-state index contributed by atoms with van der Waals surface area (Å²) in [4.78, 5) is 11.5. The molecule has 112 valence electrons. The molecule has 1 N–H and O–H groups in total. The van der Waals surface area contributed by atoms with Crippen LogP contribution in [-0.2, 0) is 6.42 Å². The maximum absolute atomic E-state index is 11.5. The maximum Gasteiger partial charge on any atom is 0.336 e.